The lowest BCUT2D eigenvalue weighted by Gasteiger charge is -2.28. The molecule has 166 valence electrons. The number of hydroxylamine groups is 2. The highest BCUT2D eigenvalue weighted by atomic mass is 16.7. The van der Waals surface area contributed by atoms with Crippen LogP contribution in [0.15, 0.2) is 24.3 Å². The third-order valence-electron chi connectivity index (χ3n) is 4.80. The van der Waals surface area contributed by atoms with Gasteiger partial charge in [-0.05, 0) is 24.1 Å². The zero-order valence-electron chi connectivity index (χ0n) is 16.7. The van der Waals surface area contributed by atoms with Crippen molar-refractivity contribution in [1.29, 1.82) is 0 Å². The number of nitrogens with one attached hydrogen (secondary N) is 1. The van der Waals surface area contributed by atoms with Crippen LogP contribution >= 0.6 is 0 Å². The van der Waals surface area contributed by atoms with Crippen molar-refractivity contribution in [3.05, 3.63) is 29.8 Å². The maximum Gasteiger partial charge on any atom is 0.358 e. The molecule has 2 heterocycles. The number of carbonyl (C=O) groups excluding carboxylic acids is 5. The summed E-state index contributed by atoms with van der Waals surface area (Å²) < 4.78 is 4.97. The molecule has 2 N–H and O–H groups in total. The first kappa shape index (κ1) is 22.4. The smallest absolute Gasteiger partial charge is 0.358 e. The molecular formula is C20H23N3O8. The van der Waals surface area contributed by atoms with E-state index in [1.807, 2.05) is 0 Å². The molecule has 0 aromatic heterocycles. The van der Waals surface area contributed by atoms with Gasteiger partial charge in [0.25, 0.3) is 5.91 Å². The van der Waals surface area contributed by atoms with Crippen LogP contribution in [-0.2, 0) is 40.0 Å². The van der Waals surface area contributed by atoms with Gasteiger partial charge < -0.3 is 20.0 Å². The summed E-state index contributed by atoms with van der Waals surface area (Å²) in [4.78, 5) is 64.0. The molecule has 2 fully saturated rings. The molecule has 0 aliphatic carbocycles. The van der Waals surface area contributed by atoms with Gasteiger partial charge in [-0.2, -0.15) is 0 Å². The fourth-order valence-electron chi connectivity index (χ4n) is 3.04. The standard InChI is InChI=1S/C20H23N3O8/c24-15(11-30-12-20(29)31-23-18(27)7-8-19(23)28)21-14-4-1-13(2-5-14)3-6-16(25)22-10-9-17(22)26/h1-2,4-5,18,27H,3,6-12H2,(H,21,24). The number of likely N-dealkylation sites (tertiary alicyclic amines) is 1. The van der Waals surface area contributed by atoms with Gasteiger partial charge in [0.15, 0.2) is 6.23 Å². The Morgan fingerprint density at radius 2 is 1.81 bits per heavy atom. The number of rotatable bonds is 9. The first-order valence-electron chi connectivity index (χ1n) is 9.84. The molecule has 31 heavy (non-hydrogen) atoms. The number of anilines is 1. The molecule has 0 radical (unpaired) electrons. The summed E-state index contributed by atoms with van der Waals surface area (Å²) in [6.45, 7) is -0.483. The van der Waals surface area contributed by atoms with Crippen molar-refractivity contribution in [1.82, 2.24) is 9.96 Å². The van der Waals surface area contributed by atoms with Gasteiger partial charge in [0.05, 0.1) is 0 Å². The first-order valence-corrected chi connectivity index (χ1v) is 9.84. The molecule has 0 saturated carbocycles. The highest BCUT2D eigenvalue weighted by molar-refractivity contribution is 5.99. The lowest BCUT2D eigenvalue weighted by molar-refractivity contribution is -0.223. The van der Waals surface area contributed by atoms with Gasteiger partial charge in [-0.1, -0.05) is 12.1 Å². The molecule has 1 atom stereocenters. The number of aliphatic hydroxyl groups is 1. The van der Waals surface area contributed by atoms with Gasteiger partial charge >= 0.3 is 5.97 Å². The van der Waals surface area contributed by atoms with E-state index >= 15 is 0 Å². The molecule has 11 heteroatoms. The molecule has 0 spiro atoms. The van der Waals surface area contributed by atoms with E-state index in [0.29, 0.717) is 30.1 Å². The second kappa shape index (κ2) is 10.1. The van der Waals surface area contributed by atoms with Crippen LogP contribution < -0.4 is 5.32 Å². The number of β-lactam (4-membered cyclic amide) rings is 1. The summed E-state index contributed by atoms with van der Waals surface area (Å²) >= 11 is 0. The van der Waals surface area contributed by atoms with E-state index in [1.54, 1.807) is 24.3 Å². The van der Waals surface area contributed by atoms with Crippen molar-refractivity contribution in [3.63, 3.8) is 0 Å². The molecule has 3 rings (SSSR count). The van der Waals surface area contributed by atoms with Crippen molar-refractivity contribution in [2.24, 2.45) is 0 Å². The van der Waals surface area contributed by atoms with Crippen LogP contribution in [0.1, 0.15) is 31.2 Å². The number of hydrogen-bond donors (Lipinski definition) is 2. The fraction of sp³-hybridized carbons (Fsp3) is 0.450. The average molecular weight is 433 g/mol. The maximum absolute atomic E-state index is 11.9. The molecule has 2 aliphatic heterocycles. The SMILES string of the molecule is O=C(COCC(=O)ON1C(=O)CCC1O)Nc1ccc(CCC(=O)N2CCC2=O)cc1. The fourth-order valence-corrected chi connectivity index (χ4v) is 3.04. The van der Waals surface area contributed by atoms with Crippen LogP contribution in [-0.4, -0.2) is 70.7 Å². The lowest BCUT2D eigenvalue weighted by Crippen LogP contribution is -2.47. The molecule has 11 nitrogen and oxygen atoms in total. The van der Waals surface area contributed by atoms with Crippen LogP contribution in [0, 0.1) is 0 Å². The van der Waals surface area contributed by atoms with Gasteiger partial charge in [0.2, 0.25) is 17.7 Å². The zero-order chi connectivity index (χ0) is 22.4. The van der Waals surface area contributed by atoms with E-state index < -0.39 is 37.2 Å². The summed E-state index contributed by atoms with van der Waals surface area (Å²) in [5, 5.41) is 12.7. The van der Waals surface area contributed by atoms with Gasteiger partial charge in [0.1, 0.15) is 13.2 Å². The number of hydrogen-bond acceptors (Lipinski definition) is 8. The first-order chi connectivity index (χ1) is 14.8. The normalized spacial score (nSPS) is 18.0. The summed E-state index contributed by atoms with van der Waals surface area (Å²) in [6.07, 6.45) is 0.247. The van der Waals surface area contributed by atoms with Crippen LogP contribution in [0.4, 0.5) is 5.69 Å². The van der Waals surface area contributed by atoms with Gasteiger partial charge in [-0.25, -0.2) is 4.79 Å². The van der Waals surface area contributed by atoms with E-state index in [2.05, 4.69) is 5.32 Å². The molecule has 1 aromatic carbocycles. The molecular weight excluding hydrogens is 410 g/mol. The third-order valence-corrected chi connectivity index (χ3v) is 4.80. The summed E-state index contributed by atoms with van der Waals surface area (Å²) in [5.41, 5.74) is 1.40. The van der Waals surface area contributed by atoms with Gasteiger partial charge in [-0.15, -0.1) is 5.06 Å². The minimum absolute atomic E-state index is 0.0882. The van der Waals surface area contributed by atoms with Crippen LogP contribution in [0.2, 0.25) is 0 Å². The number of benzene rings is 1. The number of ether oxygens (including phenoxy) is 1. The predicted octanol–water partition coefficient (Wildman–Crippen LogP) is -0.268. The largest absolute Gasteiger partial charge is 0.370 e. The Bertz CT molecular complexity index is 870. The maximum atomic E-state index is 11.9. The van der Waals surface area contributed by atoms with Crippen LogP contribution in [0.25, 0.3) is 0 Å². The van der Waals surface area contributed by atoms with Gasteiger partial charge in [-0.3, -0.25) is 24.1 Å². The van der Waals surface area contributed by atoms with Crippen molar-refractivity contribution >= 4 is 35.3 Å². The minimum atomic E-state index is -1.17. The second-order valence-corrected chi connectivity index (χ2v) is 7.13. The summed E-state index contributed by atoms with van der Waals surface area (Å²) in [7, 11) is 0. The minimum Gasteiger partial charge on any atom is -0.370 e. The Balaban J connectivity index is 1.33. The summed E-state index contributed by atoms with van der Waals surface area (Å²) in [5.74, 6) is -2.22. The number of aliphatic hydroxyl groups excluding tert-OH is 1. The molecule has 2 saturated heterocycles. The van der Waals surface area contributed by atoms with E-state index in [1.165, 1.54) is 4.90 Å². The van der Waals surface area contributed by atoms with Crippen molar-refractivity contribution in [3.8, 4) is 0 Å². The monoisotopic (exact) mass is 433 g/mol. The number of aryl methyl sites for hydroxylation is 1. The average Bonchev–Trinajstić information content (AvgIpc) is 3.04. The van der Waals surface area contributed by atoms with Crippen LogP contribution in [0.5, 0.6) is 0 Å². The van der Waals surface area contributed by atoms with E-state index in [4.69, 9.17) is 9.57 Å². The topological polar surface area (TPSA) is 143 Å². The highest BCUT2D eigenvalue weighted by Crippen LogP contribution is 2.17. The Morgan fingerprint density at radius 3 is 2.39 bits per heavy atom. The van der Waals surface area contributed by atoms with E-state index in [0.717, 1.165) is 5.56 Å². The third kappa shape index (κ3) is 6.09. The highest BCUT2D eigenvalue weighted by Gasteiger charge is 2.33. The van der Waals surface area contributed by atoms with Crippen molar-refractivity contribution in [2.45, 2.75) is 38.3 Å². The van der Waals surface area contributed by atoms with Crippen molar-refractivity contribution in [2.75, 3.05) is 25.1 Å². The number of nitrogens with zero attached hydrogens (tertiary/aromatic N) is 2. The van der Waals surface area contributed by atoms with Crippen LogP contribution in [0.3, 0.4) is 0 Å². The Morgan fingerprint density at radius 1 is 1.06 bits per heavy atom. The Labute approximate surface area is 177 Å². The van der Waals surface area contributed by atoms with Gasteiger partial charge in [0, 0.05) is 37.9 Å². The molecule has 0 bridgehead atoms. The Kier molecular flexibility index (Phi) is 7.32. The molecule has 1 unspecified atom stereocenters. The molecule has 4 amide bonds. The quantitative estimate of drug-likeness (QED) is 0.507. The lowest BCUT2D eigenvalue weighted by atomic mass is 10.1. The van der Waals surface area contributed by atoms with Crippen molar-refractivity contribution < 1.29 is 38.7 Å². The van der Waals surface area contributed by atoms with E-state index in [-0.39, 0.29) is 31.1 Å². The van der Waals surface area contributed by atoms with E-state index in [9.17, 15) is 29.1 Å². The molecule has 1 aromatic rings. The molecule has 2 aliphatic rings. The predicted molar refractivity (Wildman–Crippen MR) is 104 cm³/mol. The zero-order valence-corrected chi connectivity index (χ0v) is 16.7. The number of imide groups is 1. The Hall–Kier alpha value is -3.31. The number of amides is 4. The summed E-state index contributed by atoms with van der Waals surface area (Å²) in [6, 6.07) is 6.86. The number of carbonyl (C=O) groups is 5. The second-order valence-electron chi connectivity index (χ2n) is 7.13.